The Morgan fingerprint density at radius 1 is 1.32 bits per heavy atom. The molecule has 0 unspecified atom stereocenters. The molecule has 1 saturated heterocycles. The van der Waals surface area contributed by atoms with E-state index in [1.165, 1.54) is 0 Å². The van der Waals surface area contributed by atoms with Crippen LogP contribution in [0.2, 0.25) is 0 Å². The highest BCUT2D eigenvalue weighted by Crippen LogP contribution is 2.16. The molecule has 8 nitrogen and oxygen atoms in total. The number of hydrogen-bond acceptors (Lipinski definition) is 4. The summed E-state index contributed by atoms with van der Waals surface area (Å²) in [5.74, 6) is 1.58. The molecule has 0 spiro atoms. The van der Waals surface area contributed by atoms with Crippen LogP contribution < -0.4 is 10.6 Å². The molecule has 1 aromatic carbocycles. The Hall–Kier alpha value is -3.03. The Labute approximate surface area is 165 Å². The van der Waals surface area contributed by atoms with E-state index < -0.39 is 0 Å². The number of ether oxygens (including phenoxy) is 1. The quantitative estimate of drug-likeness (QED) is 0.543. The molecule has 1 aliphatic rings. The molecule has 150 valence electrons. The summed E-state index contributed by atoms with van der Waals surface area (Å²) >= 11 is 0. The lowest BCUT2D eigenvalue weighted by molar-refractivity contribution is 0.0963. The molecule has 0 aliphatic carbocycles. The van der Waals surface area contributed by atoms with E-state index in [9.17, 15) is 4.79 Å². The number of aliphatic imine (C=N–C) groups is 1. The number of hydrogen-bond donors (Lipinski definition) is 3. The number of H-pyrrole nitrogens is 1. The van der Waals surface area contributed by atoms with Crippen molar-refractivity contribution in [2.45, 2.75) is 32.4 Å². The lowest BCUT2D eigenvalue weighted by Crippen LogP contribution is -2.49. The van der Waals surface area contributed by atoms with Gasteiger partial charge in [-0.2, -0.15) is 0 Å². The van der Waals surface area contributed by atoms with Crippen LogP contribution in [0.15, 0.2) is 41.5 Å². The second-order valence-electron chi connectivity index (χ2n) is 6.64. The van der Waals surface area contributed by atoms with E-state index in [2.05, 4.69) is 25.6 Å². The highest BCUT2D eigenvalue weighted by atomic mass is 16.6. The van der Waals surface area contributed by atoms with Gasteiger partial charge in [0.25, 0.3) is 0 Å². The van der Waals surface area contributed by atoms with Gasteiger partial charge in [-0.15, -0.1) is 0 Å². The van der Waals surface area contributed by atoms with Crippen LogP contribution in [-0.4, -0.2) is 59.7 Å². The lowest BCUT2D eigenvalue weighted by Gasteiger charge is -2.32. The maximum absolute atomic E-state index is 11.8. The number of rotatable bonds is 5. The molecular formula is C20H28N6O2. The van der Waals surface area contributed by atoms with Crippen molar-refractivity contribution in [3.63, 3.8) is 0 Å². The Bertz CT molecular complexity index is 781. The standard InChI is InChI=1S/C20H28N6O2/c1-3-28-20(27)26-11-9-16(10-12-26)24-19(21-2)23-14-18-22-13-17(25-18)15-7-5-4-6-8-15/h4-8,13,16H,3,9-12,14H2,1-2H3,(H,22,25)(H2,21,23,24). The van der Waals surface area contributed by atoms with E-state index >= 15 is 0 Å². The van der Waals surface area contributed by atoms with Gasteiger partial charge in [-0.3, -0.25) is 4.99 Å². The summed E-state index contributed by atoms with van der Waals surface area (Å²) in [6.07, 6.45) is 3.33. The fourth-order valence-corrected chi connectivity index (χ4v) is 3.19. The Morgan fingerprint density at radius 3 is 2.75 bits per heavy atom. The molecule has 8 heteroatoms. The first-order valence-corrected chi connectivity index (χ1v) is 9.67. The van der Waals surface area contributed by atoms with Crippen molar-refractivity contribution in [3.8, 4) is 11.3 Å². The third kappa shape index (κ3) is 5.25. The van der Waals surface area contributed by atoms with E-state index in [1.54, 1.807) is 11.9 Å². The molecule has 2 heterocycles. The van der Waals surface area contributed by atoms with Gasteiger partial charge in [-0.25, -0.2) is 9.78 Å². The summed E-state index contributed by atoms with van der Waals surface area (Å²) in [6, 6.07) is 10.4. The molecule has 28 heavy (non-hydrogen) atoms. The maximum atomic E-state index is 11.8. The zero-order valence-electron chi connectivity index (χ0n) is 16.4. The first kappa shape index (κ1) is 19.7. The van der Waals surface area contributed by atoms with Crippen molar-refractivity contribution < 1.29 is 9.53 Å². The summed E-state index contributed by atoms with van der Waals surface area (Å²) in [5.41, 5.74) is 2.10. The molecule has 0 atom stereocenters. The average Bonchev–Trinajstić information content (AvgIpc) is 3.21. The largest absolute Gasteiger partial charge is 0.450 e. The molecule has 1 fully saturated rings. The summed E-state index contributed by atoms with van der Waals surface area (Å²) in [4.78, 5) is 25.6. The number of nitrogens with zero attached hydrogens (tertiary/aromatic N) is 3. The fourth-order valence-electron chi connectivity index (χ4n) is 3.19. The van der Waals surface area contributed by atoms with Crippen molar-refractivity contribution >= 4 is 12.1 Å². The first-order chi connectivity index (χ1) is 13.7. The monoisotopic (exact) mass is 384 g/mol. The molecule has 3 rings (SSSR count). The van der Waals surface area contributed by atoms with Gasteiger partial charge >= 0.3 is 6.09 Å². The average molecular weight is 384 g/mol. The minimum Gasteiger partial charge on any atom is -0.450 e. The second kappa shape index (κ2) is 9.77. The molecule has 1 aliphatic heterocycles. The summed E-state index contributed by atoms with van der Waals surface area (Å²) in [6.45, 7) is 4.16. The summed E-state index contributed by atoms with van der Waals surface area (Å²) in [5, 5.41) is 6.72. The minimum atomic E-state index is -0.226. The van der Waals surface area contributed by atoms with Gasteiger partial charge in [0.15, 0.2) is 5.96 Å². The highest BCUT2D eigenvalue weighted by molar-refractivity contribution is 5.80. The van der Waals surface area contributed by atoms with Gasteiger partial charge in [0.2, 0.25) is 0 Å². The van der Waals surface area contributed by atoms with E-state index in [4.69, 9.17) is 4.74 Å². The predicted octanol–water partition coefficient (Wildman–Crippen LogP) is 2.36. The molecule has 3 N–H and O–H groups in total. The zero-order valence-corrected chi connectivity index (χ0v) is 16.4. The number of benzene rings is 1. The molecule has 2 aromatic rings. The topological polar surface area (TPSA) is 94.6 Å². The van der Waals surface area contributed by atoms with Crippen molar-refractivity contribution in [2.75, 3.05) is 26.7 Å². The third-order valence-corrected chi connectivity index (χ3v) is 4.72. The van der Waals surface area contributed by atoms with Crippen molar-refractivity contribution in [3.05, 3.63) is 42.4 Å². The van der Waals surface area contributed by atoms with Crippen LogP contribution in [-0.2, 0) is 11.3 Å². The molecule has 0 radical (unpaired) electrons. The number of guanidine groups is 1. The van der Waals surface area contributed by atoms with Crippen LogP contribution >= 0.6 is 0 Å². The number of imidazole rings is 1. The van der Waals surface area contributed by atoms with Gasteiger partial charge in [0.05, 0.1) is 25.0 Å². The number of piperidine rings is 1. The van der Waals surface area contributed by atoms with Crippen LogP contribution in [0.4, 0.5) is 4.79 Å². The van der Waals surface area contributed by atoms with Crippen LogP contribution in [0.1, 0.15) is 25.6 Å². The van der Waals surface area contributed by atoms with Crippen LogP contribution in [0.25, 0.3) is 11.3 Å². The number of carbonyl (C=O) groups excluding carboxylic acids is 1. The summed E-state index contributed by atoms with van der Waals surface area (Å²) in [7, 11) is 1.75. The van der Waals surface area contributed by atoms with Crippen molar-refractivity contribution in [2.24, 2.45) is 4.99 Å². The lowest BCUT2D eigenvalue weighted by atomic mass is 10.1. The van der Waals surface area contributed by atoms with Crippen molar-refractivity contribution in [1.29, 1.82) is 0 Å². The van der Waals surface area contributed by atoms with Crippen LogP contribution in [0.5, 0.6) is 0 Å². The smallest absolute Gasteiger partial charge is 0.409 e. The normalized spacial score (nSPS) is 15.4. The Morgan fingerprint density at radius 2 is 2.07 bits per heavy atom. The second-order valence-corrected chi connectivity index (χ2v) is 6.64. The van der Waals surface area contributed by atoms with E-state index in [1.807, 2.05) is 43.5 Å². The fraction of sp³-hybridized carbons (Fsp3) is 0.450. The van der Waals surface area contributed by atoms with Crippen molar-refractivity contribution in [1.82, 2.24) is 25.5 Å². The molecule has 1 amide bonds. The van der Waals surface area contributed by atoms with E-state index in [0.717, 1.165) is 35.9 Å². The van der Waals surface area contributed by atoms with E-state index in [-0.39, 0.29) is 12.1 Å². The minimum absolute atomic E-state index is 0.226. The van der Waals surface area contributed by atoms with Gasteiger partial charge in [0, 0.05) is 26.2 Å². The highest BCUT2D eigenvalue weighted by Gasteiger charge is 2.24. The van der Waals surface area contributed by atoms with Gasteiger partial charge in [-0.05, 0) is 25.3 Å². The van der Waals surface area contributed by atoms with E-state index in [0.29, 0.717) is 26.2 Å². The van der Waals surface area contributed by atoms with Gasteiger partial charge in [-0.1, -0.05) is 30.3 Å². The molecule has 1 aromatic heterocycles. The first-order valence-electron chi connectivity index (χ1n) is 9.67. The van der Waals surface area contributed by atoms with Crippen LogP contribution in [0, 0.1) is 0 Å². The summed E-state index contributed by atoms with van der Waals surface area (Å²) < 4.78 is 5.06. The molecule has 0 saturated carbocycles. The van der Waals surface area contributed by atoms with Crippen LogP contribution in [0.3, 0.4) is 0 Å². The van der Waals surface area contributed by atoms with Gasteiger partial charge in [0.1, 0.15) is 5.82 Å². The third-order valence-electron chi connectivity index (χ3n) is 4.72. The predicted molar refractivity (Wildman–Crippen MR) is 109 cm³/mol. The zero-order chi connectivity index (χ0) is 19.8. The van der Waals surface area contributed by atoms with Gasteiger partial charge < -0.3 is 25.3 Å². The molecule has 0 bridgehead atoms. The number of nitrogens with one attached hydrogen (secondary N) is 3. The number of likely N-dealkylation sites (tertiary alicyclic amines) is 1. The number of aromatic nitrogens is 2. The Balaban J connectivity index is 1.46. The number of aromatic amines is 1. The number of carbonyl (C=O) groups is 1. The SMILES string of the molecule is CCOC(=O)N1CCC(NC(=NC)NCc2ncc(-c3ccccc3)[nH]2)CC1. The Kier molecular flexibility index (Phi) is 6.89. The molecular weight excluding hydrogens is 356 g/mol. The number of amides is 1. The maximum Gasteiger partial charge on any atom is 0.409 e.